The lowest BCUT2D eigenvalue weighted by Crippen LogP contribution is -2.17. The zero-order chi connectivity index (χ0) is 11.1. The summed E-state index contributed by atoms with van der Waals surface area (Å²) in [4.78, 5) is 0. The highest BCUT2D eigenvalue weighted by Crippen LogP contribution is 2.27. The molecule has 1 rings (SSSR count). The summed E-state index contributed by atoms with van der Waals surface area (Å²) in [5.74, 6) is 0.304. The zero-order valence-electron chi connectivity index (χ0n) is 9.45. The van der Waals surface area contributed by atoms with Gasteiger partial charge in [-0.15, -0.1) is 11.6 Å². The largest absolute Gasteiger partial charge is 0.384 e. The molecule has 0 fully saturated rings. The van der Waals surface area contributed by atoms with Gasteiger partial charge in [-0.1, -0.05) is 43.7 Å². The quantitative estimate of drug-likeness (QED) is 0.670. The number of hydrogen-bond acceptors (Lipinski definition) is 1. The van der Waals surface area contributed by atoms with Gasteiger partial charge in [-0.3, -0.25) is 0 Å². The standard InChI is InChI=1S/C13H19ClO/c1-3-7-13(14)12(10-15-2)11-8-5-4-6-9-11/h4-6,8-9,12-13H,3,7,10H2,1-2H3. The molecule has 2 atom stereocenters. The Hall–Kier alpha value is -0.530. The molecule has 0 bridgehead atoms. The maximum Gasteiger partial charge on any atom is 0.0545 e. The molecule has 0 aliphatic heterocycles. The molecule has 0 aliphatic carbocycles. The van der Waals surface area contributed by atoms with E-state index >= 15 is 0 Å². The summed E-state index contributed by atoms with van der Waals surface area (Å²) in [5, 5.41) is 0.164. The number of methoxy groups -OCH3 is 1. The van der Waals surface area contributed by atoms with Crippen molar-refractivity contribution in [1.29, 1.82) is 0 Å². The van der Waals surface area contributed by atoms with E-state index in [1.807, 2.05) is 18.2 Å². The Morgan fingerprint density at radius 2 is 1.93 bits per heavy atom. The first-order valence-electron chi connectivity index (χ1n) is 5.47. The highest BCUT2D eigenvalue weighted by molar-refractivity contribution is 6.21. The summed E-state index contributed by atoms with van der Waals surface area (Å²) in [5.41, 5.74) is 1.27. The van der Waals surface area contributed by atoms with Crippen LogP contribution in [0.1, 0.15) is 31.2 Å². The van der Waals surface area contributed by atoms with Gasteiger partial charge in [0.1, 0.15) is 0 Å². The van der Waals surface area contributed by atoms with Gasteiger partial charge in [0.25, 0.3) is 0 Å². The number of halogens is 1. The minimum Gasteiger partial charge on any atom is -0.384 e. The van der Waals surface area contributed by atoms with Crippen molar-refractivity contribution in [1.82, 2.24) is 0 Å². The molecule has 0 saturated heterocycles. The summed E-state index contributed by atoms with van der Waals surface area (Å²) in [7, 11) is 1.73. The first kappa shape index (κ1) is 12.5. The van der Waals surface area contributed by atoms with Crippen LogP contribution in [0.25, 0.3) is 0 Å². The van der Waals surface area contributed by atoms with Crippen LogP contribution in [0, 0.1) is 0 Å². The normalized spacial score (nSPS) is 14.9. The highest BCUT2D eigenvalue weighted by Gasteiger charge is 2.20. The van der Waals surface area contributed by atoms with Crippen LogP contribution < -0.4 is 0 Å². The summed E-state index contributed by atoms with van der Waals surface area (Å²) < 4.78 is 5.24. The third kappa shape index (κ3) is 3.84. The van der Waals surface area contributed by atoms with E-state index in [0.29, 0.717) is 12.5 Å². The van der Waals surface area contributed by atoms with Crippen molar-refractivity contribution in [3.05, 3.63) is 35.9 Å². The second kappa shape index (κ2) is 6.86. The van der Waals surface area contributed by atoms with Crippen molar-refractivity contribution in [3.63, 3.8) is 0 Å². The minimum atomic E-state index is 0.164. The van der Waals surface area contributed by atoms with Crippen molar-refractivity contribution in [3.8, 4) is 0 Å². The van der Waals surface area contributed by atoms with Gasteiger partial charge in [-0.25, -0.2) is 0 Å². The van der Waals surface area contributed by atoms with Crippen LogP contribution in [-0.4, -0.2) is 19.1 Å². The van der Waals surface area contributed by atoms with E-state index in [9.17, 15) is 0 Å². The molecule has 0 aliphatic rings. The fraction of sp³-hybridized carbons (Fsp3) is 0.538. The molecular formula is C13H19ClO. The molecule has 0 aromatic heterocycles. The number of hydrogen-bond donors (Lipinski definition) is 0. The van der Waals surface area contributed by atoms with E-state index in [2.05, 4.69) is 19.1 Å². The molecule has 0 N–H and O–H groups in total. The Morgan fingerprint density at radius 1 is 1.27 bits per heavy atom. The lowest BCUT2D eigenvalue weighted by atomic mass is 9.94. The highest BCUT2D eigenvalue weighted by atomic mass is 35.5. The molecule has 15 heavy (non-hydrogen) atoms. The molecular weight excluding hydrogens is 208 g/mol. The van der Waals surface area contributed by atoms with E-state index in [-0.39, 0.29) is 5.38 Å². The van der Waals surface area contributed by atoms with Gasteiger partial charge in [-0.05, 0) is 12.0 Å². The third-order valence-electron chi connectivity index (χ3n) is 2.57. The van der Waals surface area contributed by atoms with E-state index in [1.54, 1.807) is 7.11 Å². The second-order valence-corrected chi connectivity index (χ2v) is 4.34. The smallest absolute Gasteiger partial charge is 0.0545 e. The van der Waals surface area contributed by atoms with Crippen molar-refractivity contribution in [2.45, 2.75) is 31.1 Å². The monoisotopic (exact) mass is 226 g/mol. The van der Waals surface area contributed by atoms with Gasteiger partial charge >= 0.3 is 0 Å². The van der Waals surface area contributed by atoms with E-state index in [1.165, 1.54) is 5.56 Å². The summed E-state index contributed by atoms with van der Waals surface area (Å²) >= 11 is 6.38. The third-order valence-corrected chi connectivity index (χ3v) is 3.10. The Balaban J connectivity index is 2.73. The molecule has 1 aromatic rings. The molecule has 84 valence electrons. The fourth-order valence-electron chi connectivity index (χ4n) is 1.77. The van der Waals surface area contributed by atoms with Crippen LogP contribution in [0.4, 0.5) is 0 Å². The minimum absolute atomic E-state index is 0.164. The Morgan fingerprint density at radius 3 is 2.47 bits per heavy atom. The molecule has 1 nitrogen and oxygen atoms in total. The molecule has 2 unspecified atom stereocenters. The van der Waals surface area contributed by atoms with E-state index in [0.717, 1.165) is 12.8 Å². The van der Waals surface area contributed by atoms with Crippen molar-refractivity contribution in [2.24, 2.45) is 0 Å². The Kier molecular flexibility index (Phi) is 5.74. The molecule has 0 radical (unpaired) electrons. The van der Waals surface area contributed by atoms with Gasteiger partial charge in [0.2, 0.25) is 0 Å². The topological polar surface area (TPSA) is 9.23 Å². The summed E-state index contributed by atoms with van der Waals surface area (Å²) in [6, 6.07) is 10.4. The number of ether oxygens (including phenoxy) is 1. The maximum atomic E-state index is 6.38. The molecule has 0 amide bonds. The maximum absolute atomic E-state index is 6.38. The van der Waals surface area contributed by atoms with Crippen LogP contribution in [0.15, 0.2) is 30.3 Å². The van der Waals surface area contributed by atoms with Gasteiger partial charge in [0.15, 0.2) is 0 Å². The van der Waals surface area contributed by atoms with Crippen molar-refractivity contribution in [2.75, 3.05) is 13.7 Å². The van der Waals surface area contributed by atoms with Gasteiger partial charge in [-0.2, -0.15) is 0 Å². The van der Waals surface area contributed by atoms with Crippen LogP contribution in [0.2, 0.25) is 0 Å². The summed E-state index contributed by atoms with van der Waals surface area (Å²) in [6.07, 6.45) is 2.14. The van der Waals surface area contributed by atoms with Crippen LogP contribution in [-0.2, 0) is 4.74 Å². The SMILES string of the molecule is CCCC(Cl)C(COC)c1ccccc1. The van der Waals surface area contributed by atoms with Crippen molar-refractivity contribution < 1.29 is 4.74 Å². The number of rotatable bonds is 6. The molecule has 0 heterocycles. The molecule has 1 aromatic carbocycles. The predicted octanol–water partition coefficient (Wildman–Crippen LogP) is 3.82. The van der Waals surface area contributed by atoms with Gasteiger partial charge in [0, 0.05) is 18.4 Å². The average Bonchev–Trinajstić information content (AvgIpc) is 2.27. The number of benzene rings is 1. The predicted molar refractivity (Wildman–Crippen MR) is 65.6 cm³/mol. The molecule has 0 saturated carbocycles. The first-order chi connectivity index (χ1) is 7.29. The fourth-order valence-corrected chi connectivity index (χ4v) is 2.20. The average molecular weight is 227 g/mol. The van der Waals surface area contributed by atoms with E-state index in [4.69, 9.17) is 16.3 Å². The second-order valence-electron chi connectivity index (χ2n) is 3.78. The van der Waals surface area contributed by atoms with Gasteiger partial charge < -0.3 is 4.74 Å². The van der Waals surface area contributed by atoms with E-state index < -0.39 is 0 Å². The van der Waals surface area contributed by atoms with Crippen molar-refractivity contribution >= 4 is 11.6 Å². The molecule has 2 heteroatoms. The Bertz CT molecular complexity index is 260. The number of alkyl halides is 1. The van der Waals surface area contributed by atoms with Gasteiger partial charge in [0.05, 0.1) is 6.61 Å². The summed E-state index contributed by atoms with van der Waals surface area (Å²) in [6.45, 7) is 2.85. The Labute approximate surface area is 97.4 Å². The first-order valence-corrected chi connectivity index (χ1v) is 5.91. The lowest BCUT2D eigenvalue weighted by molar-refractivity contribution is 0.176. The lowest BCUT2D eigenvalue weighted by Gasteiger charge is -2.21. The molecule has 0 spiro atoms. The zero-order valence-corrected chi connectivity index (χ0v) is 10.2. The van der Waals surface area contributed by atoms with Crippen LogP contribution in [0.3, 0.4) is 0 Å². The van der Waals surface area contributed by atoms with Crippen LogP contribution in [0.5, 0.6) is 0 Å². The van der Waals surface area contributed by atoms with Crippen LogP contribution >= 0.6 is 11.6 Å².